The monoisotopic (exact) mass is 266 g/mol. The third kappa shape index (κ3) is 2.96. The van der Waals surface area contributed by atoms with Crippen molar-refractivity contribution in [3.8, 4) is 0 Å². The second-order valence-electron chi connectivity index (χ2n) is 4.32. The molecule has 2 rings (SSSR count). The van der Waals surface area contributed by atoms with Crippen LogP contribution in [0.1, 0.15) is 43.0 Å². The number of anilines is 1. The molecule has 2 N–H and O–H groups in total. The second-order valence-corrected chi connectivity index (χ2v) is 5.61. The van der Waals surface area contributed by atoms with Crippen LogP contribution in [-0.2, 0) is 4.74 Å². The number of aromatic nitrogens is 1. The fraction of sp³-hybridized carbons (Fsp3) is 0.538. The number of esters is 1. The van der Waals surface area contributed by atoms with Crippen LogP contribution in [0, 0.1) is 0 Å². The number of hydrogen-bond acceptors (Lipinski definition) is 5. The summed E-state index contributed by atoms with van der Waals surface area (Å²) in [6, 6.07) is 1.62. The number of pyridine rings is 1. The Balaban J connectivity index is 2.15. The average Bonchev–Trinajstić information content (AvgIpc) is 2.85. The van der Waals surface area contributed by atoms with Gasteiger partial charge >= 0.3 is 5.97 Å². The summed E-state index contributed by atoms with van der Waals surface area (Å²) in [5, 5.41) is 1.34. The van der Waals surface area contributed by atoms with Crippen molar-refractivity contribution in [3.05, 3.63) is 17.8 Å². The standard InChI is InChI=1S/C13H18N2O2S/c1-2-17-13(16)10-7-8-15-12(11(10)14)18-9-5-3-4-6-9/h7-9H,2-6,14H2,1H3. The Bertz CT molecular complexity index is 431. The van der Waals surface area contributed by atoms with E-state index in [0.29, 0.717) is 23.1 Å². The van der Waals surface area contributed by atoms with Gasteiger partial charge in [-0.15, -0.1) is 11.8 Å². The van der Waals surface area contributed by atoms with Gasteiger partial charge in [-0.25, -0.2) is 9.78 Å². The molecule has 18 heavy (non-hydrogen) atoms. The molecule has 98 valence electrons. The van der Waals surface area contributed by atoms with Gasteiger partial charge < -0.3 is 10.5 Å². The third-order valence-electron chi connectivity index (χ3n) is 3.03. The van der Waals surface area contributed by atoms with E-state index in [1.165, 1.54) is 25.7 Å². The molecule has 1 aliphatic rings. The Morgan fingerprint density at radius 2 is 2.28 bits per heavy atom. The van der Waals surface area contributed by atoms with Crippen LogP contribution in [0.4, 0.5) is 5.69 Å². The van der Waals surface area contributed by atoms with E-state index in [1.54, 1.807) is 30.9 Å². The lowest BCUT2D eigenvalue weighted by molar-refractivity contribution is 0.0527. The van der Waals surface area contributed by atoms with Gasteiger partial charge in [0, 0.05) is 11.4 Å². The van der Waals surface area contributed by atoms with Crippen LogP contribution in [0.3, 0.4) is 0 Å². The molecule has 0 bridgehead atoms. The van der Waals surface area contributed by atoms with Gasteiger partial charge in [0.2, 0.25) is 0 Å². The summed E-state index contributed by atoms with van der Waals surface area (Å²) in [5.41, 5.74) is 6.88. The first kappa shape index (κ1) is 13.2. The molecule has 0 amide bonds. The van der Waals surface area contributed by atoms with Crippen LogP contribution in [0.5, 0.6) is 0 Å². The number of thioether (sulfide) groups is 1. The zero-order valence-corrected chi connectivity index (χ0v) is 11.3. The normalized spacial score (nSPS) is 15.8. The number of nitrogens with zero attached hydrogens (tertiary/aromatic N) is 1. The fourth-order valence-corrected chi connectivity index (χ4v) is 3.34. The van der Waals surface area contributed by atoms with E-state index in [0.717, 1.165) is 5.03 Å². The molecule has 4 nitrogen and oxygen atoms in total. The summed E-state index contributed by atoms with van der Waals surface area (Å²) in [7, 11) is 0. The zero-order chi connectivity index (χ0) is 13.0. The highest BCUT2D eigenvalue weighted by atomic mass is 32.2. The molecule has 0 radical (unpaired) electrons. The molecule has 1 saturated carbocycles. The first-order valence-electron chi connectivity index (χ1n) is 6.30. The number of hydrogen-bond donors (Lipinski definition) is 1. The molecule has 0 aliphatic heterocycles. The Labute approximate surface area is 111 Å². The van der Waals surface area contributed by atoms with E-state index < -0.39 is 0 Å². The van der Waals surface area contributed by atoms with Gasteiger partial charge in [-0.2, -0.15) is 0 Å². The number of nitrogen functional groups attached to an aromatic ring is 1. The predicted octanol–water partition coefficient (Wildman–Crippen LogP) is 2.88. The highest BCUT2D eigenvalue weighted by molar-refractivity contribution is 8.00. The number of rotatable bonds is 4. The Morgan fingerprint density at radius 3 is 2.94 bits per heavy atom. The summed E-state index contributed by atoms with van der Waals surface area (Å²) in [6.07, 6.45) is 6.58. The third-order valence-corrected chi connectivity index (χ3v) is 4.38. The predicted molar refractivity (Wildman–Crippen MR) is 72.7 cm³/mol. The Kier molecular flexibility index (Phi) is 4.47. The van der Waals surface area contributed by atoms with Crippen molar-refractivity contribution in [2.45, 2.75) is 42.9 Å². The maximum Gasteiger partial charge on any atom is 0.340 e. The lowest BCUT2D eigenvalue weighted by Crippen LogP contribution is -2.10. The SMILES string of the molecule is CCOC(=O)c1ccnc(SC2CCCC2)c1N. The van der Waals surface area contributed by atoms with E-state index in [4.69, 9.17) is 10.5 Å². The fourth-order valence-electron chi connectivity index (χ4n) is 2.10. The molecule has 1 aromatic heterocycles. The summed E-state index contributed by atoms with van der Waals surface area (Å²) >= 11 is 1.68. The first-order valence-corrected chi connectivity index (χ1v) is 7.18. The molecule has 1 aliphatic carbocycles. The molecule has 0 saturated heterocycles. The van der Waals surface area contributed by atoms with E-state index in [1.807, 2.05) is 0 Å². The van der Waals surface area contributed by atoms with E-state index >= 15 is 0 Å². The van der Waals surface area contributed by atoms with Crippen LogP contribution in [0.2, 0.25) is 0 Å². The van der Waals surface area contributed by atoms with Crippen LogP contribution >= 0.6 is 11.8 Å². The lowest BCUT2D eigenvalue weighted by Gasteiger charge is -2.12. The molecular formula is C13H18N2O2S. The van der Waals surface area contributed by atoms with Gasteiger partial charge in [-0.1, -0.05) is 12.8 Å². The second kappa shape index (κ2) is 6.09. The van der Waals surface area contributed by atoms with Crippen molar-refractivity contribution >= 4 is 23.4 Å². The van der Waals surface area contributed by atoms with Crippen molar-refractivity contribution in [1.82, 2.24) is 4.98 Å². The van der Waals surface area contributed by atoms with E-state index in [-0.39, 0.29) is 5.97 Å². The quantitative estimate of drug-likeness (QED) is 0.849. The molecular weight excluding hydrogens is 248 g/mol. The van der Waals surface area contributed by atoms with E-state index in [9.17, 15) is 4.79 Å². The number of carbonyl (C=O) groups is 1. The van der Waals surface area contributed by atoms with Crippen molar-refractivity contribution in [2.24, 2.45) is 0 Å². The van der Waals surface area contributed by atoms with Gasteiger partial charge in [0.15, 0.2) is 0 Å². The van der Waals surface area contributed by atoms with Crippen molar-refractivity contribution in [3.63, 3.8) is 0 Å². The molecule has 1 fully saturated rings. The maximum absolute atomic E-state index is 11.7. The van der Waals surface area contributed by atoms with Crippen LogP contribution in [0.15, 0.2) is 17.3 Å². The molecule has 0 atom stereocenters. The molecule has 1 aromatic rings. The summed E-state index contributed by atoms with van der Waals surface area (Å²) in [6.45, 7) is 2.13. The summed E-state index contributed by atoms with van der Waals surface area (Å²) in [5.74, 6) is -0.370. The number of carbonyl (C=O) groups excluding carboxylic acids is 1. The first-order chi connectivity index (χ1) is 8.72. The number of nitrogens with two attached hydrogens (primary N) is 1. The molecule has 0 aromatic carbocycles. The number of ether oxygens (including phenoxy) is 1. The van der Waals surface area contributed by atoms with Crippen molar-refractivity contribution in [2.75, 3.05) is 12.3 Å². The van der Waals surface area contributed by atoms with Gasteiger partial charge in [-0.05, 0) is 25.8 Å². The van der Waals surface area contributed by atoms with Crippen LogP contribution in [0.25, 0.3) is 0 Å². The summed E-state index contributed by atoms with van der Waals surface area (Å²) < 4.78 is 4.98. The minimum Gasteiger partial charge on any atom is -0.462 e. The minimum atomic E-state index is -0.370. The highest BCUT2D eigenvalue weighted by Crippen LogP contribution is 2.36. The van der Waals surface area contributed by atoms with Crippen LogP contribution in [-0.4, -0.2) is 22.8 Å². The van der Waals surface area contributed by atoms with E-state index in [2.05, 4.69) is 4.98 Å². The topological polar surface area (TPSA) is 65.2 Å². The highest BCUT2D eigenvalue weighted by Gasteiger charge is 2.20. The lowest BCUT2D eigenvalue weighted by atomic mass is 10.2. The molecule has 0 spiro atoms. The average molecular weight is 266 g/mol. The minimum absolute atomic E-state index is 0.353. The van der Waals surface area contributed by atoms with Crippen LogP contribution < -0.4 is 5.73 Å². The van der Waals surface area contributed by atoms with Gasteiger partial charge in [0.25, 0.3) is 0 Å². The molecule has 1 heterocycles. The largest absolute Gasteiger partial charge is 0.462 e. The van der Waals surface area contributed by atoms with Crippen molar-refractivity contribution in [1.29, 1.82) is 0 Å². The Morgan fingerprint density at radius 1 is 1.56 bits per heavy atom. The molecule has 0 unspecified atom stereocenters. The van der Waals surface area contributed by atoms with Gasteiger partial charge in [-0.3, -0.25) is 0 Å². The zero-order valence-electron chi connectivity index (χ0n) is 10.5. The van der Waals surface area contributed by atoms with Gasteiger partial charge in [0.05, 0.1) is 17.9 Å². The Hall–Kier alpha value is -1.23. The van der Waals surface area contributed by atoms with Crippen molar-refractivity contribution < 1.29 is 9.53 Å². The molecule has 5 heteroatoms. The maximum atomic E-state index is 11.7. The van der Waals surface area contributed by atoms with Gasteiger partial charge in [0.1, 0.15) is 5.03 Å². The summed E-state index contributed by atoms with van der Waals surface area (Å²) in [4.78, 5) is 16.0. The smallest absolute Gasteiger partial charge is 0.340 e.